The van der Waals surface area contributed by atoms with E-state index in [-0.39, 0.29) is 21.9 Å². The third kappa shape index (κ3) is 7.01. The van der Waals surface area contributed by atoms with Gasteiger partial charge in [-0.05, 0) is 63.3 Å². The fourth-order valence-corrected chi connectivity index (χ4v) is 4.81. The smallest absolute Gasteiger partial charge is 0.328 e. The molecule has 1 aliphatic rings. The Hall–Kier alpha value is -2.12. The van der Waals surface area contributed by atoms with Crippen LogP contribution in [-0.4, -0.2) is 45.2 Å². The molecule has 1 atom stereocenters. The number of benzene rings is 1. The first-order valence-corrected chi connectivity index (χ1v) is 11.7. The van der Waals surface area contributed by atoms with Crippen molar-refractivity contribution in [3.63, 3.8) is 0 Å². The van der Waals surface area contributed by atoms with Crippen molar-refractivity contribution in [1.29, 1.82) is 0 Å². The van der Waals surface area contributed by atoms with Gasteiger partial charge >= 0.3 is 5.69 Å². The lowest BCUT2D eigenvalue weighted by Gasteiger charge is -2.22. The Kier molecular flexibility index (Phi) is 7.89. The second kappa shape index (κ2) is 10.6. The molecule has 1 N–H and O–H groups in total. The molecule has 1 aliphatic carbocycles. The number of hydrogen-bond donors (Lipinski definition) is 1. The van der Waals surface area contributed by atoms with Crippen LogP contribution in [0.1, 0.15) is 31.7 Å². The summed E-state index contributed by atoms with van der Waals surface area (Å²) in [5, 5.41) is 2.24. The van der Waals surface area contributed by atoms with Crippen molar-refractivity contribution in [2.24, 2.45) is 5.92 Å². The molecule has 1 fully saturated rings. The molecule has 0 amide bonds. The predicted molar refractivity (Wildman–Crippen MR) is 121 cm³/mol. The molecular formula is C22H31N3O3S. The van der Waals surface area contributed by atoms with E-state index < -0.39 is 0 Å². The first-order chi connectivity index (χ1) is 14.0. The van der Waals surface area contributed by atoms with Crippen LogP contribution in [0.5, 0.6) is 5.75 Å². The van der Waals surface area contributed by atoms with Gasteiger partial charge < -0.3 is 9.30 Å². The topological polar surface area (TPSA) is 67.3 Å². The van der Waals surface area contributed by atoms with Crippen LogP contribution >= 0.6 is 10.7 Å². The molecule has 7 heteroatoms. The Bertz CT molecular complexity index is 947. The zero-order valence-corrected chi connectivity index (χ0v) is 18.1. The third-order valence-electron chi connectivity index (χ3n) is 5.12. The van der Waals surface area contributed by atoms with Crippen LogP contribution in [0.15, 0.2) is 46.1 Å². The van der Waals surface area contributed by atoms with E-state index >= 15 is 0 Å². The zero-order valence-electron chi connectivity index (χ0n) is 17.3. The van der Waals surface area contributed by atoms with Crippen molar-refractivity contribution in [2.45, 2.75) is 39.2 Å². The summed E-state index contributed by atoms with van der Waals surface area (Å²) >= 11 is 0. The summed E-state index contributed by atoms with van der Waals surface area (Å²) in [5.41, 5.74) is 0.606. The Morgan fingerprint density at radius 1 is 1.31 bits per heavy atom. The van der Waals surface area contributed by atoms with E-state index in [4.69, 9.17) is 4.74 Å². The SMILES string of the molecule is C/C=S(\CCCn1ccc(=O)[nH]c1=O)N(C)CCc1cccc(OCC2CC2)c1. The van der Waals surface area contributed by atoms with Crippen molar-refractivity contribution < 1.29 is 4.74 Å². The summed E-state index contributed by atoms with van der Waals surface area (Å²) in [6.07, 6.45) is 6.04. The molecule has 0 radical (unpaired) electrons. The van der Waals surface area contributed by atoms with Crippen LogP contribution in [0, 0.1) is 5.92 Å². The molecule has 3 rings (SSSR count). The molecule has 1 saturated carbocycles. The largest absolute Gasteiger partial charge is 0.493 e. The van der Waals surface area contributed by atoms with Gasteiger partial charge in [0.1, 0.15) is 5.75 Å². The van der Waals surface area contributed by atoms with Gasteiger partial charge in [0.25, 0.3) is 5.56 Å². The third-order valence-corrected chi connectivity index (χ3v) is 7.35. The van der Waals surface area contributed by atoms with E-state index in [0.29, 0.717) is 6.54 Å². The lowest BCUT2D eigenvalue weighted by atomic mass is 10.1. The van der Waals surface area contributed by atoms with Crippen molar-refractivity contribution >= 4 is 16.0 Å². The minimum atomic E-state index is -0.352. The minimum absolute atomic E-state index is 0.0486. The number of aryl methyl sites for hydroxylation is 1. The first kappa shape index (κ1) is 21.6. The monoisotopic (exact) mass is 417 g/mol. The molecule has 0 aliphatic heterocycles. The number of H-pyrrole nitrogens is 1. The Morgan fingerprint density at radius 3 is 2.86 bits per heavy atom. The molecule has 1 aromatic carbocycles. The number of rotatable bonds is 11. The van der Waals surface area contributed by atoms with Gasteiger partial charge in [0, 0.05) is 31.1 Å². The highest BCUT2D eigenvalue weighted by Gasteiger charge is 2.21. The maximum Gasteiger partial charge on any atom is 0.328 e. The normalized spacial score (nSPS) is 15.0. The van der Waals surface area contributed by atoms with E-state index in [9.17, 15) is 9.59 Å². The van der Waals surface area contributed by atoms with Crippen LogP contribution in [0.4, 0.5) is 0 Å². The molecule has 1 unspecified atom stereocenters. The van der Waals surface area contributed by atoms with Gasteiger partial charge in [-0.3, -0.25) is 14.1 Å². The summed E-state index contributed by atoms with van der Waals surface area (Å²) in [6, 6.07) is 9.83. The van der Waals surface area contributed by atoms with Crippen LogP contribution in [0.3, 0.4) is 0 Å². The Balaban J connectivity index is 1.45. The molecule has 2 aromatic rings. The standard InChI is InChI=1S/C22H31N3O3S/c1-3-29(15-5-12-25-14-11-21(26)23-22(25)27)24(2)13-10-18-6-4-7-20(16-18)28-17-19-8-9-19/h3-4,6-7,11,14,16,19H,5,8-10,12-13,15,17H2,1-2H3,(H,23,26,27). The van der Waals surface area contributed by atoms with Gasteiger partial charge in [-0.2, -0.15) is 0 Å². The van der Waals surface area contributed by atoms with Gasteiger partial charge in [-0.25, -0.2) is 4.79 Å². The summed E-state index contributed by atoms with van der Waals surface area (Å²) in [7, 11) is 2.20. The molecule has 158 valence electrons. The van der Waals surface area contributed by atoms with Crippen LogP contribution in [0.25, 0.3) is 0 Å². The number of aromatic nitrogens is 2. The van der Waals surface area contributed by atoms with Crippen molar-refractivity contribution in [2.75, 3.05) is 26.0 Å². The number of ether oxygens (including phenoxy) is 1. The second-order valence-corrected chi connectivity index (χ2v) is 9.81. The zero-order chi connectivity index (χ0) is 20.6. The average molecular weight is 418 g/mol. The maximum atomic E-state index is 11.8. The Labute approximate surface area is 174 Å². The lowest BCUT2D eigenvalue weighted by Crippen LogP contribution is -2.29. The fourth-order valence-electron chi connectivity index (χ4n) is 3.15. The summed E-state index contributed by atoms with van der Waals surface area (Å²) < 4.78 is 9.83. The van der Waals surface area contributed by atoms with E-state index in [1.807, 2.05) is 6.07 Å². The van der Waals surface area contributed by atoms with Crippen molar-refractivity contribution in [1.82, 2.24) is 13.9 Å². The molecular weight excluding hydrogens is 386 g/mol. The van der Waals surface area contributed by atoms with Gasteiger partial charge in [0.15, 0.2) is 0 Å². The highest BCUT2D eigenvalue weighted by Crippen LogP contribution is 2.29. The van der Waals surface area contributed by atoms with Gasteiger partial charge in [-0.1, -0.05) is 17.5 Å². The predicted octanol–water partition coefficient (Wildman–Crippen LogP) is 2.90. The van der Waals surface area contributed by atoms with Crippen LogP contribution in [0.2, 0.25) is 0 Å². The highest BCUT2D eigenvalue weighted by atomic mass is 32.2. The molecule has 0 saturated heterocycles. The van der Waals surface area contributed by atoms with E-state index in [2.05, 4.69) is 46.8 Å². The summed E-state index contributed by atoms with van der Waals surface area (Å²) in [5.74, 6) is 2.73. The van der Waals surface area contributed by atoms with Gasteiger partial charge in [-0.15, -0.1) is 10.7 Å². The summed E-state index contributed by atoms with van der Waals surface area (Å²) in [6.45, 7) is 4.52. The maximum absolute atomic E-state index is 11.8. The number of nitrogens with zero attached hydrogens (tertiary/aromatic N) is 2. The van der Waals surface area contributed by atoms with Crippen molar-refractivity contribution in [3.8, 4) is 5.75 Å². The molecule has 0 bridgehead atoms. The van der Waals surface area contributed by atoms with E-state index in [1.165, 1.54) is 24.5 Å². The van der Waals surface area contributed by atoms with Crippen molar-refractivity contribution in [3.05, 3.63) is 62.9 Å². The first-order valence-electron chi connectivity index (χ1n) is 10.3. The number of aromatic amines is 1. The second-order valence-electron chi connectivity index (χ2n) is 7.50. The minimum Gasteiger partial charge on any atom is -0.493 e. The van der Waals surface area contributed by atoms with Gasteiger partial charge in [0.05, 0.1) is 6.61 Å². The van der Waals surface area contributed by atoms with E-state index in [0.717, 1.165) is 43.4 Å². The lowest BCUT2D eigenvalue weighted by molar-refractivity contribution is 0.299. The summed E-state index contributed by atoms with van der Waals surface area (Å²) in [4.78, 5) is 25.2. The molecule has 0 spiro atoms. The molecule has 29 heavy (non-hydrogen) atoms. The van der Waals surface area contributed by atoms with Gasteiger partial charge in [0.2, 0.25) is 0 Å². The number of hydrogen-bond acceptors (Lipinski definition) is 4. The Morgan fingerprint density at radius 2 is 2.14 bits per heavy atom. The number of likely N-dealkylation sites (N-methyl/N-ethyl adjacent to an activating group) is 1. The quantitative estimate of drug-likeness (QED) is 0.571. The van der Waals surface area contributed by atoms with E-state index in [1.54, 1.807) is 10.8 Å². The van der Waals surface area contributed by atoms with Crippen LogP contribution < -0.4 is 16.0 Å². The average Bonchev–Trinajstić information content (AvgIpc) is 3.54. The number of nitrogens with one attached hydrogen (secondary N) is 1. The molecule has 1 aromatic heterocycles. The molecule has 6 nitrogen and oxygen atoms in total. The molecule has 1 heterocycles. The van der Waals surface area contributed by atoms with Crippen LogP contribution in [-0.2, 0) is 13.0 Å². The highest BCUT2D eigenvalue weighted by molar-refractivity contribution is 8.12. The fraction of sp³-hybridized carbons (Fsp3) is 0.500.